The second kappa shape index (κ2) is 5.81. The van der Waals surface area contributed by atoms with Crippen LogP contribution in [0.25, 0.3) is 63.6 Å². The fourth-order valence-electron chi connectivity index (χ4n) is 5.09. The molecule has 1 aromatic heterocycles. The van der Waals surface area contributed by atoms with Gasteiger partial charge in [-0.3, -0.25) is 0 Å². The Morgan fingerprint density at radius 3 is 2.13 bits per heavy atom. The molecule has 0 bridgehead atoms. The molecule has 30 heavy (non-hydrogen) atoms. The maximum Gasteiger partial charge on any atom is 0.0355 e. The summed E-state index contributed by atoms with van der Waals surface area (Å²) >= 11 is 1.88. The van der Waals surface area contributed by atoms with E-state index in [9.17, 15) is 0 Å². The Morgan fingerprint density at radius 1 is 0.533 bits per heavy atom. The summed E-state index contributed by atoms with van der Waals surface area (Å²) in [6, 6.07) is 33.9. The lowest BCUT2D eigenvalue weighted by atomic mass is 9.88. The van der Waals surface area contributed by atoms with Gasteiger partial charge in [0.05, 0.1) is 0 Å². The first kappa shape index (κ1) is 16.4. The van der Waals surface area contributed by atoms with Crippen LogP contribution < -0.4 is 0 Å². The number of rotatable bonds is 1. The average molecular weight is 399 g/mol. The summed E-state index contributed by atoms with van der Waals surface area (Å²) in [7, 11) is 0. The Kier molecular flexibility index (Phi) is 3.17. The number of benzene rings is 6. The van der Waals surface area contributed by atoms with Crippen molar-refractivity contribution < 1.29 is 0 Å². The second-order valence-electron chi connectivity index (χ2n) is 8.23. The maximum absolute atomic E-state index is 2.38. The molecule has 0 saturated carbocycles. The highest BCUT2D eigenvalue weighted by molar-refractivity contribution is 7.25. The topological polar surface area (TPSA) is 0 Å². The molecule has 0 atom stereocenters. The van der Waals surface area contributed by atoms with Crippen LogP contribution >= 0.6 is 11.3 Å². The summed E-state index contributed by atoms with van der Waals surface area (Å²) < 4.78 is 2.71. The van der Waals surface area contributed by atoms with Crippen LogP contribution in [0.1, 0.15) is 5.56 Å². The van der Waals surface area contributed by atoms with Gasteiger partial charge in [-0.2, -0.15) is 0 Å². The van der Waals surface area contributed by atoms with Crippen molar-refractivity contribution >= 4 is 63.8 Å². The summed E-state index contributed by atoms with van der Waals surface area (Å²) in [5, 5.41) is 10.8. The van der Waals surface area contributed by atoms with Crippen LogP contribution in [0.3, 0.4) is 0 Å². The molecule has 0 radical (unpaired) electrons. The highest BCUT2D eigenvalue weighted by Crippen LogP contribution is 2.42. The third-order valence-electron chi connectivity index (χ3n) is 6.57. The predicted octanol–water partition coefficient (Wildman–Crippen LogP) is 8.93. The van der Waals surface area contributed by atoms with Gasteiger partial charge in [0.2, 0.25) is 0 Å². The third kappa shape index (κ3) is 2.10. The summed E-state index contributed by atoms with van der Waals surface area (Å²) in [6.45, 7) is 2.21. The van der Waals surface area contributed by atoms with Crippen LogP contribution in [-0.2, 0) is 0 Å². The van der Waals surface area contributed by atoms with Crippen LogP contribution in [0.15, 0.2) is 91.0 Å². The molecule has 1 heteroatoms. The highest BCUT2D eigenvalue weighted by Gasteiger charge is 2.14. The quantitative estimate of drug-likeness (QED) is 0.242. The van der Waals surface area contributed by atoms with Crippen molar-refractivity contribution in [1.29, 1.82) is 0 Å². The Morgan fingerprint density at radius 2 is 1.23 bits per heavy atom. The zero-order valence-electron chi connectivity index (χ0n) is 16.6. The molecule has 0 saturated heterocycles. The molecule has 0 aliphatic rings. The van der Waals surface area contributed by atoms with Crippen molar-refractivity contribution in [2.24, 2.45) is 0 Å². The third-order valence-corrected chi connectivity index (χ3v) is 7.72. The summed E-state index contributed by atoms with van der Waals surface area (Å²) in [5.41, 5.74) is 3.95. The van der Waals surface area contributed by atoms with E-state index in [4.69, 9.17) is 0 Å². The number of aryl methyl sites for hydroxylation is 1. The number of thiophene rings is 1. The molecular weight excluding hydrogens is 380 g/mol. The fraction of sp³-hybridized carbons (Fsp3) is 0.0345. The monoisotopic (exact) mass is 398 g/mol. The first-order valence-electron chi connectivity index (χ1n) is 10.4. The summed E-state index contributed by atoms with van der Waals surface area (Å²) in [6.07, 6.45) is 0. The van der Waals surface area contributed by atoms with Crippen molar-refractivity contribution in [1.82, 2.24) is 0 Å². The predicted molar refractivity (Wildman–Crippen MR) is 133 cm³/mol. The fourth-order valence-corrected chi connectivity index (χ4v) is 6.18. The van der Waals surface area contributed by atoms with E-state index in [1.807, 2.05) is 11.3 Å². The molecule has 7 aromatic rings. The lowest BCUT2D eigenvalue weighted by Gasteiger charge is -2.15. The van der Waals surface area contributed by atoms with Crippen molar-refractivity contribution in [3.63, 3.8) is 0 Å². The van der Waals surface area contributed by atoms with E-state index < -0.39 is 0 Å². The lowest BCUT2D eigenvalue weighted by Crippen LogP contribution is -1.88. The number of fused-ring (bicyclic) bond motifs is 3. The van der Waals surface area contributed by atoms with Gasteiger partial charge in [-0.05, 0) is 74.1 Å². The van der Waals surface area contributed by atoms with Crippen molar-refractivity contribution in [2.45, 2.75) is 6.92 Å². The highest BCUT2D eigenvalue weighted by atomic mass is 32.1. The number of hydrogen-bond donors (Lipinski definition) is 0. The molecule has 0 N–H and O–H groups in total. The smallest absolute Gasteiger partial charge is 0.0355 e. The molecule has 0 aliphatic carbocycles. The summed E-state index contributed by atoms with van der Waals surface area (Å²) in [4.78, 5) is 0. The van der Waals surface area contributed by atoms with Gasteiger partial charge in [-0.1, -0.05) is 72.8 Å². The van der Waals surface area contributed by atoms with Gasteiger partial charge in [0.15, 0.2) is 0 Å². The molecular formula is C29H18S. The molecule has 140 valence electrons. The minimum atomic E-state index is 1.29. The van der Waals surface area contributed by atoms with E-state index in [2.05, 4.69) is 97.9 Å². The van der Waals surface area contributed by atoms with E-state index in [1.165, 1.54) is 69.2 Å². The normalized spacial score (nSPS) is 12.2. The Balaban J connectivity index is 1.60. The molecule has 0 fully saturated rings. The van der Waals surface area contributed by atoms with E-state index in [0.717, 1.165) is 0 Å². The van der Waals surface area contributed by atoms with Crippen LogP contribution in [0, 0.1) is 6.92 Å². The van der Waals surface area contributed by atoms with E-state index >= 15 is 0 Å². The Labute approximate surface area is 178 Å². The van der Waals surface area contributed by atoms with E-state index in [1.54, 1.807) is 0 Å². The van der Waals surface area contributed by atoms with E-state index in [-0.39, 0.29) is 0 Å². The van der Waals surface area contributed by atoms with Gasteiger partial charge >= 0.3 is 0 Å². The van der Waals surface area contributed by atoms with Gasteiger partial charge in [-0.25, -0.2) is 0 Å². The van der Waals surface area contributed by atoms with Crippen molar-refractivity contribution in [2.75, 3.05) is 0 Å². The Hall–Kier alpha value is -3.42. The maximum atomic E-state index is 2.38. The molecule has 6 aromatic carbocycles. The van der Waals surface area contributed by atoms with Crippen molar-refractivity contribution in [3.8, 4) is 11.1 Å². The molecule has 1 heterocycles. The molecule has 0 aliphatic heterocycles. The minimum absolute atomic E-state index is 1.29. The zero-order chi connectivity index (χ0) is 19.8. The molecule has 0 spiro atoms. The van der Waals surface area contributed by atoms with Crippen LogP contribution in [0.5, 0.6) is 0 Å². The van der Waals surface area contributed by atoms with Gasteiger partial charge in [-0.15, -0.1) is 11.3 Å². The lowest BCUT2D eigenvalue weighted by molar-refractivity contribution is 1.55. The average Bonchev–Trinajstić information content (AvgIpc) is 3.16. The number of hydrogen-bond acceptors (Lipinski definition) is 1. The summed E-state index contributed by atoms with van der Waals surface area (Å²) in [5.74, 6) is 0. The van der Waals surface area contributed by atoms with Crippen LogP contribution in [-0.4, -0.2) is 0 Å². The standard InChI is InChI=1S/C29H18S/c1-17-6-7-18-10-14-24-22(13-9-19-8-12-21(17)28(18)29(19)24)20-11-15-27-25(16-20)23-4-2-3-5-26(23)30-27/h2-16H,1H3. The molecule has 0 unspecified atom stereocenters. The van der Waals surface area contributed by atoms with Gasteiger partial charge in [0, 0.05) is 20.2 Å². The largest absolute Gasteiger partial charge is 0.135 e. The first-order chi connectivity index (χ1) is 14.8. The Bertz CT molecular complexity index is 1750. The second-order valence-corrected chi connectivity index (χ2v) is 9.31. The van der Waals surface area contributed by atoms with Crippen molar-refractivity contribution in [3.05, 3.63) is 96.6 Å². The van der Waals surface area contributed by atoms with Gasteiger partial charge in [0.1, 0.15) is 0 Å². The first-order valence-corrected chi connectivity index (χ1v) is 11.2. The van der Waals surface area contributed by atoms with Crippen LogP contribution in [0.4, 0.5) is 0 Å². The van der Waals surface area contributed by atoms with Crippen LogP contribution in [0.2, 0.25) is 0 Å². The van der Waals surface area contributed by atoms with Gasteiger partial charge in [0.25, 0.3) is 0 Å². The molecule has 0 amide bonds. The molecule has 7 rings (SSSR count). The van der Waals surface area contributed by atoms with E-state index in [0.29, 0.717) is 0 Å². The SMILES string of the molecule is Cc1ccc2ccc3c(-c4ccc5sc6ccccc6c5c4)ccc4ccc1c2c43. The zero-order valence-corrected chi connectivity index (χ0v) is 17.4. The van der Waals surface area contributed by atoms with Gasteiger partial charge < -0.3 is 0 Å². The minimum Gasteiger partial charge on any atom is -0.135 e. The molecule has 0 nitrogen and oxygen atoms in total.